The zero-order valence-corrected chi connectivity index (χ0v) is 20.1. The van der Waals surface area contributed by atoms with Crippen molar-refractivity contribution in [2.75, 3.05) is 25.2 Å². The highest BCUT2D eigenvalue weighted by molar-refractivity contribution is 5.55. The van der Waals surface area contributed by atoms with E-state index in [0.29, 0.717) is 25.3 Å². The third-order valence-electron chi connectivity index (χ3n) is 5.92. The van der Waals surface area contributed by atoms with Crippen molar-refractivity contribution in [3.05, 3.63) is 120 Å². The van der Waals surface area contributed by atoms with Gasteiger partial charge in [-0.2, -0.15) is 0 Å². The number of methoxy groups -OCH3 is 1. The Hall–Kier alpha value is -3.83. The van der Waals surface area contributed by atoms with Gasteiger partial charge < -0.3 is 19.5 Å². The summed E-state index contributed by atoms with van der Waals surface area (Å²) in [4.78, 5) is 6.84. The van der Waals surface area contributed by atoms with E-state index in [1.807, 2.05) is 72.9 Å². The van der Waals surface area contributed by atoms with Crippen LogP contribution in [0.5, 0.6) is 11.5 Å². The number of anilines is 1. The minimum atomic E-state index is 0.117. The summed E-state index contributed by atoms with van der Waals surface area (Å²) in [7, 11) is 1.67. The van der Waals surface area contributed by atoms with E-state index in [9.17, 15) is 5.11 Å². The number of nitrogens with zero attached hydrogens (tertiary/aromatic N) is 2. The molecule has 1 heterocycles. The molecule has 0 saturated carbocycles. The highest BCUT2D eigenvalue weighted by Crippen LogP contribution is 2.31. The molecule has 3 aromatic carbocycles. The number of para-hydroxylation sites is 1. The molecule has 0 saturated heterocycles. The predicted octanol–water partition coefficient (Wildman–Crippen LogP) is 5.45. The first-order valence-corrected chi connectivity index (χ1v) is 11.9. The van der Waals surface area contributed by atoms with Crippen LogP contribution in [0.1, 0.15) is 22.4 Å². The van der Waals surface area contributed by atoms with E-state index < -0.39 is 0 Å². The average molecular weight is 469 g/mol. The zero-order chi connectivity index (χ0) is 24.3. The molecule has 1 N–H and O–H groups in total. The summed E-state index contributed by atoms with van der Waals surface area (Å²) in [5.41, 5.74) is 5.54. The van der Waals surface area contributed by atoms with Crippen LogP contribution in [0.25, 0.3) is 0 Å². The van der Waals surface area contributed by atoms with Gasteiger partial charge in [-0.15, -0.1) is 0 Å². The lowest BCUT2D eigenvalue weighted by Crippen LogP contribution is -2.27. The van der Waals surface area contributed by atoms with Crippen molar-refractivity contribution in [3.8, 4) is 11.5 Å². The third kappa shape index (κ3) is 6.84. The Kier molecular flexibility index (Phi) is 8.74. The first kappa shape index (κ1) is 24.3. The number of aliphatic hydroxyl groups is 1. The number of pyridine rings is 1. The van der Waals surface area contributed by atoms with Crippen LogP contribution in [0.4, 0.5) is 5.69 Å². The van der Waals surface area contributed by atoms with Crippen molar-refractivity contribution in [1.29, 1.82) is 0 Å². The Balaban J connectivity index is 1.54. The van der Waals surface area contributed by atoms with E-state index in [4.69, 9.17) is 9.47 Å². The van der Waals surface area contributed by atoms with Crippen molar-refractivity contribution in [2.45, 2.75) is 26.0 Å². The van der Waals surface area contributed by atoms with Gasteiger partial charge in [-0.1, -0.05) is 60.7 Å². The second kappa shape index (κ2) is 12.6. The number of benzene rings is 3. The molecule has 4 aromatic rings. The quantitative estimate of drug-likeness (QED) is 0.300. The monoisotopic (exact) mass is 468 g/mol. The van der Waals surface area contributed by atoms with Gasteiger partial charge in [-0.3, -0.25) is 4.98 Å². The van der Waals surface area contributed by atoms with Crippen LogP contribution < -0.4 is 14.4 Å². The number of aromatic nitrogens is 1. The Morgan fingerprint density at radius 2 is 1.60 bits per heavy atom. The van der Waals surface area contributed by atoms with Crippen LogP contribution in [-0.4, -0.2) is 30.4 Å². The SMILES string of the molecule is COc1cc(CN(CCc2ccccn2)c2ccccc2CCO)ccc1OCc1ccccc1. The molecule has 0 atom stereocenters. The molecule has 0 aliphatic heterocycles. The van der Waals surface area contributed by atoms with Gasteiger partial charge in [0.05, 0.1) is 7.11 Å². The smallest absolute Gasteiger partial charge is 0.161 e. The van der Waals surface area contributed by atoms with Gasteiger partial charge in [0.15, 0.2) is 11.5 Å². The van der Waals surface area contributed by atoms with Crippen molar-refractivity contribution in [1.82, 2.24) is 4.98 Å². The summed E-state index contributed by atoms with van der Waals surface area (Å²) in [6.07, 6.45) is 3.27. The molecule has 5 nitrogen and oxygen atoms in total. The van der Waals surface area contributed by atoms with Gasteiger partial charge in [-0.25, -0.2) is 0 Å². The summed E-state index contributed by atoms with van der Waals surface area (Å²) in [5.74, 6) is 1.44. The van der Waals surface area contributed by atoms with Crippen LogP contribution in [0.15, 0.2) is 97.2 Å². The largest absolute Gasteiger partial charge is 0.493 e. The maximum atomic E-state index is 9.60. The van der Waals surface area contributed by atoms with Gasteiger partial charge in [0.2, 0.25) is 0 Å². The molecular weight excluding hydrogens is 436 g/mol. The maximum Gasteiger partial charge on any atom is 0.161 e. The van der Waals surface area contributed by atoms with Crippen LogP contribution in [-0.2, 0) is 26.0 Å². The molecule has 0 unspecified atom stereocenters. The normalized spacial score (nSPS) is 10.7. The fourth-order valence-electron chi connectivity index (χ4n) is 4.12. The van der Waals surface area contributed by atoms with Crippen molar-refractivity contribution in [2.24, 2.45) is 0 Å². The van der Waals surface area contributed by atoms with Crippen LogP contribution in [0, 0.1) is 0 Å². The Labute approximate surface area is 207 Å². The van der Waals surface area contributed by atoms with E-state index in [-0.39, 0.29) is 6.61 Å². The van der Waals surface area contributed by atoms with Gasteiger partial charge in [-0.05, 0) is 53.4 Å². The molecule has 5 heteroatoms. The molecule has 0 fully saturated rings. The van der Waals surface area contributed by atoms with Gasteiger partial charge >= 0.3 is 0 Å². The fourth-order valence-corrected chi connectivity index (χ4v) is 4.12. The molecular formula is C30H32N2O3. The lowest BCUT2D eigenvalue weighted by Gasteiger charge is -2.28. The minimum absolute atomic E-state index is 0.117. The Morgan fingerprint density at radius 3 is 2.37 bits per heavy atom. The Morgan fingerprint density at radius 1 is 0.800 bits per heavy atom. The lowest BCUT2D eigenvalue weighted by atomic mass is 10.1. The Bertz CT molecular complexity index is 1180. The van der Waals surface area contributed by atoms with Crippen molar-refractivity contribution >= 4 is 5.69 Å². The van der Waals surface area contributed by atoms with Crippen molar-refractivity contribution in [3.63, 3.8) is 0 Å². The van der Waals surface area contributed by atoms with Gasteiger partial charge in [0, 0.05) is 43.7 Å². The highest BCUT2D eigenvalue weighted by Gasteiger charge is 2.14. The van der Waals surface area contributed by atoms with E-state index in [1.165, 1.54) is 0 Å². The summed E-state index contributed by atoms with van der Waals surface area (Å²) < 4.78 is 11.7. The first-order chi connectivity index (χ1) is 17.3. The number of ether oxygens (including phenoxy) is 2. The van der Waals surface area contributed by atoms with E-state index in [2.05, 4.69) is 34.1 Å². The average Bonchev–Trinajstić information content (AvgIpc) is 2.92. The molecule has 180 valence electrons. The molecule has 0 bridgehead atoms. The van der Waals surface area contributed by atoms with Crippen LogP contribution >= 0.6 is 0 Å². The molecule has 0 aliphatic rings. The first-order valence-electron chi connectivity index (χ1n) is 11.9. The van der Waals surface area contributed by atoms with Crippen LogP contribution in [0.3, 0.4) is 0 Å². The van der Waals surface area contributed by atoms with E-state index >= 15 is 0 Å². The molecule has 4 rings (SSSR count). The fraction of sp³-hybridized carbons (Fsp3) is 0.233. The molecule has 0 aliphatic carbocycles. The number of aliphatic hydroxyl groups excluding tert-OH is 1. The summed E-state index contributed by atoms with van der Waals surface area (Å²) in [5, 5.41) is 9.60. The van der Waals surface area contributed by atoms with Crippen LogP contribution in [0.2, 0.25) is 0 Å². The maximum absolute atomic E-state index is 9.60. The molecule has 35 heavy (non-hydrogen) atoms. The topological polar surface area (TPSA) is 54.8 Å². The molecule has 1 aromatic heterocycles. The second-order valence-corrected chi connectivity index (χ2v) is 8.35. The van der Waals surface area contributed by atoms with Gasteiger partial charge in [0.25, 0.3) is 0 Å². The van der Waals surface area contributed by atoms with Crippen molar-refractivity contribution < 1.29 is 14.6 Å². The lowest BCUT2D eigenvalue weighted by molar-refractivity contribution is 0.284. The summed E-state index contributed by atoms with van der Waals surface area (Å²) in [6.45, 7) is 2.10. The summed E-state index contributed by atoms with van der Waals surface area (Å²) in [6, 6.07) is 30.5. The number of hydrogen-bond donors (Lipinski definition) is 1. The minimum Gasteiger partial charge on any atom is -0.493 e. The molecule has 0 spiro atoms. The second-order valence-electron chi connectivity index (χ2n) is 8.35. The van der Waals surface area contributed by atoms with E-state index in [1.54, 1.807) is 7.11 Å². The third-order valence-corrected chi connectivity index (χ3v) is 5.92. The molecule has 0 amide bonds. The number of hydrogen-bond acceptors (Lipinski definition) is 5. The standard InChI is InChI=1S/C30H32N2O3/c1-34-30-21-25(14-15-29(30)35-23-24-9-3-2-4-10-24)22-32(19-16-27-12-7-8-18-31-27)28-13-6-5-11-26(28)17-20-33/h2-15,18,21,33H,16-17,19-20,22-23H2,1H3. The molecule has 0 radical (unpaired) electrons. The van der Waals surface area contributed by atoms with Gasteiger partial charge in [0.1, 0.15) is 6.61 Å². The predicted molar refractivity (Wildman–Crippen MR) is 140 cm³/mol. The summed E-state index contributed by atoms with van der Waals surface area (Å²) >= 11 is 0. The zero-order valence-electron chi connectivity index (χ0n) is 20.1. The highest BCUT2D eigenvalue weighted by atomic mass is 16.5. The van der Waals surface area contributed by atoms with E-state index in [0.717, 1.165) is 46.8 Å². The number of rotatable bonds is 12.